The maximum atomic E-state index is 13.0. The van der Waals surface area contributed by atoms with E-state index < -0.39 is 26.5 Å². The quantitative estimate of drug-likeness (QED) is 0.125. The standard InChI is InChI=1S/C14H25O4Si.3C4H9.Sn/c1-10(13(15)17-3)8-12(14(16)18-4)9-11(2)19(5,6)7;3*1-3-4-2;/h10,12H,1-2,8-9H2,3-7H3;3*1,3-4H2,2H3;. The third-order valence-corrected chi connectivity index (χ3v) is 25.4. The molecule has 0 aliphatic carbocycles. The number of esters is 2. The molecular formula is C26H52O4SiSn. The molecule has 0 fully saturated rings. The predicted octanol–water partition coefficient (Wildman–Crippen LogP) is 7.63. The summed E-state index contributed by atoms with van der Waals surface area (Å²) in [5.74, 6) is -0.853. The molecule has 0 bridgehead atoms. The molecule has 0 amide bonds. The van der Waals surface area contributed by atoms with Gasteiger partial charge in [-0.05, 0) is 0 Å². The topological polar surface area (TPSA) is 52.6 Å². The summed E-state index contributed by atoms with van der Waals surface area (Å²) in [7, 11) is 1.37. The molecule has 0 aliphatic heterocycles. The van der Waals surface area contributed by atoms with Crippen LogP contribution in [0.15, 0.2) is 11.8 Å². The summed E-state index contributed by atoms with van der Waals surface area (Å²) in [6, 6.07) is 0. The van der Waals surface area contributed by atoms with Gasteiger partial charge in [-0.3, -0.25) is 0 Å². The van der Waals surface area contributed by atoms with Crippen LogP contribution in [0, 0.1) is 11.8 Å². The summed E-state index contributed by atoms with van der Waals surface area (Å²) < 4.78 is 15.5. The van der Waals surface area contributed by atoms with E-state index in [0.717, 1.165) is 9.63 Å². The SMILES string of the molecule is C=C(CC(CC([CH2][Sn]([CH2]CCC)([CH2]CCC)[CH2]CCC)C(=O)OC)C(=O)OC)[Si](C)(C)C. The number of carbonyl (C=O) groups excluding carboxylic acids is 2. The second kappa shape index (κ2) is 16.3. The van der Waals surface area contributed by atoms with Crippen LogP contribution >= 0.6 is 0 Å². The molecule has 2 unspecified atom stereocenters. The van der Waals surface area contributed by atoms with Crippen molar-refractivity contribution in [1.82, 2.24) is 0 Å². The fourth-order valence-electron chi connectivity index (χ4n) is 4.67. The van der Waals surface area contributed by atoms with Gasteiger partial charge in [-0.15, -0.1) is 0 Å². The van der Waals surface area contributed by atoms with Crippen molar-refractivity contribution >= 4 is 38.4 Å². The van der Waals surface area contributed by atoms with Crippen molar-refractivity contribution in [2.75, 3.05) is 14.2 Å². The van der Waals surface area contributed by atoms with Crippen LogP contribution in [0.2, 0.25) is 37.4 Å². The second-order valence-electron chi connectivity index (χ2n) is 10.7. The van der Waals surface area contributed by atoms with Gasteiger partial charge in [-0.1, -0.05) is 0 Å². The first-order valence-corrected chi connectivity index (χ1v) is 24.4. The maximum absolute atomic E-state index is 13.0. The van der Waals surface area contributed by atoms with Crippen LogP contribution in [0.3, 0.4) is 0 Å². The number of unbranched alkanes of at least 4 members (excludes halogenated alkanes) is 3. The molecule has 2 atom stereocenters. The Kier molecular flexibility index (Phi) is 16.2. The Bertz CT molecular complexity index is 549. The van der Waals surface area contributed by atoms with Gasteiger partial charge in [0.2, 0.25) is 0 Å². The first-order valence-electron chi connectivity index (χ1n) is 12.8. The molecule has 0 rings (SSSR count). The van der Waals surface area contributed by atoms with E-state index in [9.17, 15) is 9.59 Å². The molecule has 0 saturated heterocycles. The van der Waals surface area contributed by atoms with E-state index in [-0.39, 0.29) is 23.8 Å². The number of hydrogen-bond acceptors (Lipinski definition) is 4. The van der Waals surface area contributed by atoms with Crippen LogP contribution in [-0.4, -0.2) is 52.6 Å². The van der Waals surface area contributed by atoms with Gasteiger partial charge in [0.25, 0.3) is 0 Å². The zero-order chi connectivity index (χ0) is 24.8. The molecule has 188 valence electrons. The zero-order valence-electron chi connectivity index (χ0n) is 22.5. The van der Waals surface area contributed by atoms with Crippen molar-refractivity contribution in [3.63, 3.8) is 0 Å². The number of carbonyl (C=O) groups is 2. The average molecular weight is 575 g/mol. The van der Waals surface area contributed by atoms with Crippen LogP contribution in [-0.2, 0) is 19.1 Å². The van der Waals surface area contributed by atoms with E-state index >= 15 is 0 Å². The Hall–Kier alpha value is -0.304. The number of hydrogen-bond donors (Lipinski definition) is 0. The van der Waals surface area contributed by atoms with Crippen molar-refractivity contribution in [1.29, 1.82) is 0 Å². The fourth-order valence-corrected chi connectivity index (χ4v) is 22.8. The minimum atomic E-state index is -2.57. The molecule has 0 aromatic rings. The van der Waals surface area contributed by atoms with Gasteiger partial charge in [0.05, 0.1) is 0 Å². The molecule has 0 aromatic heterocycles. The van der Waals surface area contributed by atoms with Crippen LogP contribution in [0.1, 0.15) is 72.1 Å². The van der Waals surface area contributed by atoms with E-state index in [0.29, 0.717) is 12.8 Å². The first kappa shape index (κ1) is 31.7. The third-order valence-electron chi connectivity index (χ3n) is 7.05. The molecule has 0 N–H and O–H groups in total. The molecule has 32 heavy (non-hydrogen) atoms. The summed E-state index contributed by atoms with van der Waals surface area (Å²) in [6.07, 6.45) is 8.59. The molecule has 0 saturated carbocycles. The van der Waals surface area contributed by atoms with Gasteiger partial charge < -0.3 is 0 Å². The number of methoxy groups -OCH3 is 2. The average Bonchev–Trinajstić information content (AvgIpc) is 2.76. The molecule has 0 heterocycles. The summed E-state index contributed by atoms with van der Waals surface area (Å²) in [5, 5.41) is 1.16. The number of rotatable bonds is 18. The summed E-state index contributed by atoms with van der Waals surface area (Å²) >= 11 is -2.57. The van der Waals surface area contributed by atoms with E-state index in [2.05, 4.69) is 47.0 Å². The zero-order valence-corrected chi connectivity index (χ0v) is 26.3. The Morgan fingerprint density at radius 2 is 1.22 bits per heavy atom. The Morgan fingerprint density at radius 3 is 1.56 bits per heavy atom. The van der Waals surface area contributed by atoms with Crippen LogP contribution < -0.4 is 0 Å². The Morgan fingerprint density at radius 1 is 0.812 bits per heavy atom. The van der Waals surface area contributed by atoms with Gasteiger partial charge in [-0.2, -0.15) is 0 Å². The van der Waals surface area contributed by atoms with Crippen LogP contribution in [0.4, 0.5) is 0 Å². The number of ether oxygens (including phenoxy) is 2. The van der Waals surface area contributed by atoms with Crippen molar-refractivity contribution < 1.29 is 19.1 Å². The van der Waals surface area contributed by atoms with Gasteiger partial charge in [-0.25, -0.2) is 0 Å². The van der Waals surface area contributed by atoms with E-state index in [1.807, 2.05) is 0 Å². The summed E-state index contributed by atoms with van der Waals surface area (Å²) in [4.78, 5) is 25.7. The predicted molar refractivity (Wildman–Crippen MR) is 142 cm³/mol. The van der Waals surface area contributed by atoms with Crippen molar-refractivity contribution in [3.05, 3.63) is 11.8 Å². The van der Waals surface area contributed by atoms with Crippen LogP contribution in [0.5, 0.6) is 0 Å². The molecule has 0 aliphatic rings. The van der Waals surface area contributed by atoms with Crippen molar-refractivity contribution in [2.24, 2.45) is 11.8 Å². The van der Waals surface area contributed by atoms with Gasteiger partial charge >= 0.3 is 205 Å². The van der Waals surface area contributed by atoms with E-state index in [4.69, 9.17) is 9.47 Å². The second-order valence-corrected chi connectivity index (χ2v) is 30.0. The number of allylic oxidation sites excluding steroid dienone is 1. The monoisotopic (exact) mass is 576 g/mol. The first-order chi connectivity index (χ1) is 15.0. The summed E-state index contributed by atoms with van der Waals surface area (Å²) in [5.41, 5.74) is 0. The minimum absolute atomic E-state index is 0.136. The molecule has 0 radical (unpaired) electrons. The molecule has 4 nitrogen and oxygen atoms in total. The Balaban J connectivity index is 5.93. The summed E-state index contributed by atoms with van der Waals surface area (Å²) in [6.45, 7) is 17.9. The van der Waals surface area contributed by atoms with Gasteiger partial charge in [0.1, 0.15) is 0 Å². The Labute approximate surface area is 204 Å². The van der Waals surface area contributed by atoms with E-state index in [1.54, 1.807) is 0 Å². The molecule has 0 aromatic carbocycles. The van der Waals surface area contributed by atoms with E-state index in [1.165, 1.54) is 66.1 Å². The molecule has 6 heteroatoms. The molecule has 0 spiro atoms. The third kappa shape index (κ3) is 11.7. The molecular weight excluding hydrogens is 523 g/mol. The van der Waals surface area contributed by atoms with Gasteiger partial charge in [0.15, 0.2) is 0 Å². The van der Waals surface area contributed by atoms with Crippen LogP contribution in [0.25, 0.3) is 0 Å². The van der Waals surface area contributed by atoms with Crippen molar-refractivity contribution in [2.45, 2.75) is 110 Å². The van der Waals surface area contributed by atoms with Crippen molar-refractivity contribution in [3.8, 4) is 0 Å². The fraction of sp³-hybridized carbons (Fsp3) is 0.846. The van der Waals surface area contributed by atoms with Gasteiger partial charge in [0, 0.05) is 0 Å². The normalized spacial score (nSPS) is 14.0.